The minimum atomic E-state index is -0.535. The van der Waals surface area contributed by atoms with Gasteiger partial charge in [0, 0.05) is 14.5 Å². The lowest BCUT2D eigenvalue weighted by Gasteiger charge is -2.19. The molecule has 130 valence electrons. The van der Waals surface area contributed by atoms with Gasteiger partial charge in [0.15, 0.2) is 0 Å². The maximum absolute atomic E-state index is 10.2. The fourth-order valence-electron chi connectivity index (χ4n) is 2.47. The molecule has 24 heavy (non-hydrogen) atoms. The third kappa shape index (κ3) is 6.09. The van der Waals surface area contributed by atoms with Crippen molar-refractivity contribution in [2.45, 2.75) is 12.6 Å². The third-order valence-corrected chi connectivity index (χ3v) is 4.60. The Morgan fingerprint density at radius 1 is 1.08 bits per heavy atom. The zero-order valence-electron chi connectivity index (χ0n) is 13.8. The first-order valence-corrected chi connectivity index (χ1v) is 9.26. The molecule has 2 aromatic carbocycles. The lowest BCUT2D eigenvalue weighted by atomic mass is 10.2. The second-order valence-electron chi connectivity index (χ2n) is 5.71. The van der Waals surface area contributed by atoms with Crippen LogP contribution in [0.2, 0.25) is 0 Å². The van der Waals surface area contributed by atoms with Gasteiger partial charge in [-0.25, -0.2) is 0 Å². The van der Waals surface area contributed by atoms with Gasteiger partial charge in [0.05, 0.1) is 14.2 Å². The monoisotopic (exact) mass is 458 g/mol. The highest BCUT2D eigenvalue weighted by atomic mass is 79.9. The Balaban J connectivity index is 1.84. The van der Waals surface area contributed by atoms with Crippen molar-refractivity contribution in [2.75, 3.05) is 27.3 Å². The predicted molar refractivity (Wildman–Crippen MR) is 102 cm³/mol. The first-order valence-electron chi connectivity index (χ1n) is 7.68. The van der Waals surface area contributed by atoms with E-state index >= 15 is 0 Å². The van der Waals surface area contributed by atoms with Crippen molar-refractivity contribution in [3.63, 3.8) is 0 Å². The van der Waals surface area contributed by atoms with Crippen LogP contribution in [0.1, 0.15) is 5.56 Å². The number of ether oxygens (including phenoxy) is 2. The van der Waals surface area contributed by atoms with Gasteiger partial charge in [-0.2, -0.15) is 0 Å². The molecular weight excluding hydrogens is 438 g/mol. The molecule has 6 heteroatoms. The Morgan fingerprint density at radius 3 is 2.42 bits per heavy atom. The summed E-state index contributed by atoms with van der Waals surface area (Å²) in [7, 11) is 3.71. The second kappa shape index (κ2) is 9.42. The largest absolute Gasteiger partial charge is 0.496 e. The molecule has 2 rings (SSSR count). The van der Waals surface area contributed by atoms with Crippen molar-refractivity contribution in [3.05, 3.63) is 57.0 Å². The maximum Gasteiger partial charge on any atom is 0.137 e. The van der Waals surface area contributed by atoms with Gasteiger partial charge in [0.25, 0.3) is 0 Å². The lowest BCUT2D eigenvalue weighted by molar-refractivity contribution is -0.897. The molecule has 0 aliphatic heterocycles. The number of aliphatic hydroxyl groups excluding tert-OH is 1. The van der Waals surface area contributed by atoms with E-state index in [4.69, 9.17) is 9.47 Å². The number of hydrogen-bond acceptors (Lipinski definition) is 3. The van der Waals surface area contributed by atoms with Gasteiger partial charge in [0.1, 0.15) is 37.3 Å². The lowest BCUT2D eigenvalue weighted by Crippen LogP contribution is -3.09. The summed E-state index contributed by atoms with van der Waals surface area (Å²) in [6.07, 6.45) is -0.535. The van der Waals surface area contributed by atoms with Crippen molar-refractivity contribution in [3.8, 4) is 11.5 Å². The number of hydrogen-bond donors (Lipinski definition) is 2. The number of quaternary nitrogens is 1. The standard InChI is InChI=1S/C18H21Br2NO3/c1-21(10-13-9-15(20)5-8-18(13)23-2)11-16(22)12-24-17-6-3-14(19)4-7-17/h3-9,16,22H,10-12H2,1-2H3/p+1/t16-/m1/s1. The molecular formula is C18H22Br2NO3+. The van der Waals surface area contributed by atoms with Crippen LogP contribution in [0.4, 0.5) is 0 Å². The van der Waals surface area contributed by atoms with E-state index in [2.05, 4.69) is 31.9 Å². The van der Waals surface area contributed by atoms with Crippen LogP contribution in [0.15, 0.2) is 51.4 Å². The van der Waals surface area contributed by atoms with Gasteiger partial charge in [-0.3, -0.25) is 0 Å². The van der Waals surface area contributed by atoms with E-state index in [0.717, 1.165) is 32.6 Å². The van der Waals surface area contributed by atoms with E-state index in [0.29, 0.717) is 6.54 Å². The number of likely N-dealkylation sites (N-methyl/N-ethyl adjacent to an activating group) is 1. The Labute approximate surface area is 159 Å². The zero-order chi connectivity index (χ0) is 17.5. The summed E-state index contributed by atoms with van der Waals surface area (Å²) in [5.41, 5.74) is 1.10. The van der Waals surface area contributed by atoms with Gasteiger partial charge < -0.3 is 19.5 Å². The van der Waals surface area contributed by atoms with E-state index in [1.165, 1.54) is 4.90 Å². The molecule has 0 radical (unpaired) electrons. The predicted octanol–water partition coefficient (Wildman–Crippen LogP) is 2.67. The first kappa shape index (κ1) is 19.2. The highest BCUT2D eigenvalue weighted by Crippen LogP contribution is 2.22. The molecule has 1 unspecified atom stereocenters. The molecule has 0 saturated carbocycles. The van der Waals surface area contributed by atoms with Crippen LogP contribution in [-0.2, 0) is 6.54 Å². The molecule has 0 spiro atoms. The van der Waals surface area contributed by atoms with Gasteiger partial charge >= 0.3 is 0 Å². The van der Waals surface area contributed by atoms with Gasteiger partial charge in [-0.1, -0.05) is 31.9 Å². The highest BCUT2D eigenvalue weighted by molar-refractivity contribution is 9.10. The summed E-state index contributed by atoms with van der Waals surface area (Å²) in [5, 5.41) is 10.2. The fraction of sp³-hybridized carbons (Fsp3) is 0.333. The number of methoxy groups -OCH3 is 1. The number of nitrogens with one attached hydrogen (secondary N) is 1. The Bertz CT molecular complexity index is 649. The van der Waals surface area contributed by atoms with Crippen molar-refractivity contribution >= 4 is 31.9 Å². The molecule has 0 saturated heterocycles. The fourth-order valence-corrected chi connectivity index (χ4v) is 3.14. The molecule has 2 N–H and O–H groups in total. The van der Waals surface area contributed by atoms with Crippen molar-refractivity contribution in [1.29, 1.82) is 0 Å². The summed E-state index contributed by atoms with van der Waals surface area (Å²) in [6.45, 7) is 1.62. The van der Waals surface area contributed by atoms with Crippen LogP contribution in [0.25, 0.3) is 0 Å². The molecule has 0 heterocycles. The summed E-state index contributed by atoms with van der Waals surface area (Å²) in [5.74, 6) is 1.61. The number of rotatable bonds is 8. The van der Waals surface area contributed by atoms with Gasteiger partial charge in [-0.05, 0) is 42.5 Å². The number of halogens is 2. The van der Waals surface area contributed by atoms with E-state index in [9.17, 15) is 5.11 Å². The van der Waals surface area contributed by atoms with Crippen molar-refractivity contribution < 1.29 is 19.5 Å². The highest BCUT2D eigenvalue weighted by Gasteiger charge is 2.15. The number of aliphatic hydroxyl groups is 1. The smallest absolute Gasteiger partial charge is 0.137 e. The molecule has 0 bridgehead atoms. The molecule has 4 nitrogen and oxygen atoms in total. The van der Waals surface area contributed by atoms with Crippen LogP contribution < -0.4 is 14.4 Å². The summed E-state index contributed by atoms with van der Waals surface area (Å²) in [4.78, 5) is 1.18. The zero-order valence-corrected chi connectivity index (χ0v) is 16.9. The minimum absolute atomic E-state index is 0.272. The normalized spacial score (nSPS) is 13.4. The SMILES string of the molecule is COc1ccc(Br)cc1C[NH+](C)C[C@@H](O)COc1ccc(Br)cc1. The summed E-state index contributed by atoms with van der Waals surface area (Å²) < 4.78 is 13.0. The third-order valence-electron chi connectivity index (χ3n) is 3.57. The van der Waals surface area contributed by atoms with Crippen LogP contribution in [0.3, 0.4) is 0 Å². The first-order chi connectivity index (χ1) is 11.5. The number of benzene rings is 2. The summed E-state index contributed by atoms with van der Waals surface area (Å²) in [6, 6.07) is 13.5. The Kier molecular flexibility index (Phi) is 7.55. The summed E-state index contributed by atoms with van der Waals surface area (Å²) >= 11 is 6.87. The average Bonchev–Trinajstić information content (AvgIpc) is 2.54. The van der Waals surface area contributed by atoms with E-state index in [1.54, 1.807) is 7.11 Å². The van der Waals surface area contributed by atoms with Gasteiger partial charge in [-0.15, -0.1) is 0 Å². The minimum Gasteiger partial charge on any atom is -0.496 e. The molecule has 0 fully saturated rings. The molecule has 0 aromatic heterocycles. The van der Waals surface area contributed by atoms with E-state index < -0.39 is 6.10 Å². The second-order valence-corrected chi connectivity index (χ2v) is 7.54. The van der Waals surface area contributed by atoms with Crippen LogP contribution in [0.5, 0.6) is 11.5 Å². The van der Waals surface area contributed by atoms with E-state index in [1.807, 2.05) is 49.5 Å². The van der Waals surface area contributed by atoms with E-state index in [-0.39, 0.29) is 6.61 Å². The maximum atomic E-state index is 10.2. The molecule has 0 amide bonds. The quantitative estimate of drug-likeness (QED) is 0.637. The van der Waals surface area contributed by atoms with Gasteiger partial charge in [0.2, 0.25) is 0 Å². The van der Waals surface area contributed by atoms with Crippen LogP contribution in [0, 0.1) is 0 Å². The Hall–Kier alpha value is -1.08. The van der Waals surface area contributed by atoms with Crippen molar-refractivity contribution in [1.82, 2.24) is 0 Å². The van der Waals surface area contributed by atoms with Crippen molar-refractivity contribution in [2.24, 2.45) is 0 Å². The topological polar surface area (TPSA) is 43.1 Å². The molecule has 0 aliphatic carbocycles. The Morgan fingerprint density at radius 2 is 1.75 bits per heavy atom. The van der Waals surface area contributed by atoms with Crippen LogP contribution in [-0.4, -0.2) is 38.5 Å². The molecule has 0 aliphatic rings. The molecule has 2 aromatic rings. The van der Waals surface area contributed by atoms with Crippen LogP contribution >= 0.6 is 31.9 Å². The molecule has 2 atom stereocenters. The average molecular weight is 460 g/mol.